The summed E-state index contributed by atoms with van der Waals surface area (Å²) < 4.78 is 40.2. The lowest BCUT2D eigenvalue weighted by Gasteiger charge is -2.15. The zero-order valence-electron chi connectivity index (χ0n) is 9.92. The third kappa shape index (κ3) is 4.90. The van der Waals surface area contributed by atoms with Crippen LogP contribution < -0.4 is 10.1 Å². The second kappa shape index (κ2) is 6.39. The summed E-state index contributed by atoms with van der Waals surface area (Å²) in [5.74, 6) is -0.673. The average Bonchev–Trinajstić information content (AvgIpc) is 2.35. The van der Waals surface area contributed by atoms with E-state index in [0.717, 1.165) is 18.2 Å². The minimum atomic E-state index is -4.96. The molecule has 1 aromatic rings. The van der Waals surface area contributed by atoms with Crippen molar-refractivity contribution >= 4 is 11.4 Å². The van der Waals surface area contributed by atoms with E-state index in [1.807, 2.05) is 0 Å². The summed E-state index contributed by atoms with van der Waals surface area (Å²) in [5, 5.41) is 30.6. The molecular weight excluding hydrogens is 285 g/mol. The second-order valence-electron chi connectivity index (χ2n) is 3.70. The number of aliphatic hydroxyl groups excluding tert-OH is 2. The molecule has 0 aliphatic rings. The van der Waals surface area contributed by atoms with E-state index in [9.17, 15) is 23.3 Å². The van der Waals surface area contributed by atoms with Crippen molar-refractivity contribution in [2.75, 3.05) is 18.5 Å². The Morgan fingerprint density at radius 3 is 2.60 bits per heavy atom. The van der Waals surface area contributed by atoms with Crippen LogP contribution >= 0.6 is 0 Å². The molecule has 0 saturated heterocycles. The number of nitrogens with one attached hydrogen (secondary N) is 1. The molecule has 112 valence electrons. The Kier molecular flexibility index (Phi) is 5.11. The van der Waals surface area contributed by atoms with Crippen molar-refractivity contribution in [2.24, 2.45) is 0 Å². The van der Waals surface area contributed by atoms with Crippen molar-refractivity contribution in [1.29, 1.82) is 0 Å². The van der Waals surface area contributed by atoms with Crippen LogP contribution in [0.15, 0.2) is 18.2 Å². The first-order chi connectivity index (χ1) is 9.23. The lowest BCUT2D eigenvalue weighted by atomic mass is 10.2. The molecule has 10 heteroatoms. The Labute approximate surface area is 110 Å². The van der Waals surface area contributed by atoms with E-state index < -0.39 is 35.4 Å². The van der Waals surface area contributed by atoms with Crippen molar-refractivity contribution < 1.29 is 33.0 Å². The number of nitro benzene ring substituents is 1. The summed E-state index contributed by atoms with van der Waals surface area (Å²) in [4.78, 5) is 9.78. The molecule has 0 fully saturated rings. The molecule has 3 N–H and O–H groups in total. The molecule has 0 bridgehead atoms. The molecule has 0 radical (unpaired) electrons. The SMILES string of the molecule is O=[N+]([O-])c1ccc(OC(F)(F)F)c(NCC(O)CO)c1. The standard InChI is InChI=1S/C10H11F3N2O5/c11-10(12,13)20-9-2-1-6(15(18)19)3-8(9)14-4-7(17)5-16/h1-3,7,14,16-17H,4-5H2. The number of anilines is 1. The minimum absolute atomic E-state index is 0.300. The fraction of sp³-hybridized carbons (Fsp3) is 0.400. The van der Waals surface area contributed by atoms with Gasteiger partial charge >= 0.3 is 6.36 Å². The summed E-state index contributed by atoms with van der Waals surface area (Å²) in [7, 11) is 0. The number of nitrogens with zero attached hydrogens (tertiary/aromatic N) is 1. The van der Waals surface area contributed by atoms with Crippen LogP contribution in [0.1, 0.15) is 0 Å². The van der Waals surface area contributed by atoms with Gasteiger partial charge in [-0.2, -0.15) is 0 Å². The Morgan fingerprint density at radius 2 is 2.10 bits per heavy atom. The van der Waals surface area contributed by atoms with Gasteiger partial charge < -0.3 is 20.3 Å². The zero-order chi connectivity index (χ0) is 15.3. The summed E-state index contributed by atoms with van der Waals surface area (Å²) in [6.45, 7) is -0.913. The molecule has 0 aliphatic carbocycles. The van der Waals surface area contributed by atoms with E-state index in [1.165, 1.54) is 0 Å². The molecule has 0 aromatic heterocycles. The molecule has 1 unspecified atom stereocenters. The third-order valence-corrected chi connectivity index (χ3v) is 2.14. The van der Waals surface area contributed by atoms with Crippen LogP contribution in [0.5, 0.6) is 5.75 Å². The predicted molar refractivity (Wildman–Crippen MR) is 61.4 cm³/mol. The van der Waals surface area contributed by atoms with Gasteiger partial charge in [0.05, 0.1) is 23.3 Å². The van der Waals surface area contributed by atoms with Crippen LogP contribution in [-0.4, -0.2) is 40.8 Å². The number of halogens is 3. The molecule has 1 rings (SSSR count). The van der Waals surface area contributed by atoms with Gasteiger partial charge in [0.15, 0.2) is 5.75 Å². The van der Waals surface area contributed by atoms with Gasteiger partial charge in [0.1, 0.15) is 0 Å². The van der Waals surface area contributed by atoms with Crippen molar-refractivity contribution in [2.45, 2.75) is 12.5 Å². The number of alkyl halides is 3. The van der Waals surface area contributed by atoms with Crippen LogP contribution in [0.4, 0.5) is 24.5 Å². The lowest BCUT2D eigenvalue weighted by Crippen LogP contribution is -2.24. The van der Waals surface area contributed by atoms with Crippen molar-refractivity contribution in [3.63, 3.8) is 0 Å². The number of rotatable bonds is 6. The number of ether oxygens (including phenoxy) is 1. The van der Waals surface area contributed by atoms with Crippen LogP contribution in [-0.2, 0) is 0 Å². The van der Waals surface area contributed by atoms with Gasteiger partial charge in [0, 0.05) is 18.7 Å². The lowest BCUT2D eigenvalue weighted by molar-refractivity contribution is -0.384. The van der Waals surface area contributed by atoms with Gasteiger partial charge in [-0.15, -0.1) is 13.2 Å². The van der Waals surface area contributed by atoms with E-state index in [0.29, 0.717) is 0 Å². The Hall–Kier alpha value is -2.07. The van der Waals surface area contributed by atoms with E-state index in [1.54, 1.807) is 0 Å². The Balaban J connectivity index is 3.00. The van der Waals surface area contributed by atoms with Crippen LogP contribution in [0, 0.1) is 10.1 Å². The number of benzene rings is 1. The molecule has 0 saturated carbocycles. The Morgan fingerprint density at radius 1 is 1.45 bits per heavy atom. The zero-order valence-corrected chi connectivity index (χ0v) is 9.92. The highest BCUT2D eigenvalue weighted by Gasteiger charge is 2.32. The first-order valence-corrected chi connectivity index (χ1v) is 5.30. The maximum atomic E-state index is 12.2. The molecule has 20 heavy (non-hydrogen) atoms. The fourth-order valence-electron chi connectivity index (χ4n) is 1.28. The van der Waals surface area contributed by atoms with Gasteiger partial charge in [-0.1, -0.05) is 0 Å². The van der Waals surface area contributed by atoms with Gasteiger partial charge in [0.25, 0.3) is 5.69 Å². The van der Waals surface area contributed by atoms with E-state index >= 15 is 0 Å². The van der Waals surface area contributed by atoms with Gasteiger partial charge in [-0.05, 0) is 6.07 Å². The molecular formula is C10H11F3N2O5. The molecule has 1 atom stereocenters. The van der Waals surface area contributed by atoms with Crippen LogP contribution in [0.2, 0.25) is 0 Å². The van der Waals surface area contributed by atoms with E-state index in [2.05, 4.69) is 10.1 Å². The van der Waals surface area contributed by atoms with Crippen LogP contribution in [0.3, 0.4) is 0 Å². The molecule has 0 aliphatic heterocycles. The van der Waals surface area contributed by atoms with E-state index in [4.69, 9.17) is 10.2 Å². The quantitative estimate of drug-likeness (QED) is 0.539. The summed E-state index contributed by atoms with van der Waals surface area (Å²) in [6.07, 6.45) is -6.18. The molecule has 0 heterocycles. The van der Waals surface area contributed by atoms with Crippen molar-refractivity contribution in [3.8, 4) is 5.75 Å². The Bertz CT molecular complexity index is 480. The highest BCUT2D eigenvalue weighted by molar-refractivity contribution is 5.61. The number of hydrogen-bond acceptors (Lipinski definition) is 6. The number of non-ortho nitro benzene ring substituents is 1. The third-order valence-electron chi connectivity index (χ3n) is 2.14. The van der Waals surface area contributed by atoms with Crippen molar-refractivity contribution in [1.82, 2.24) is 0 Å². The molecule has 0 amide bonds. The van der Waals surface area contributed by atoms with Gasteiger partial charge in [0.2, 0.25) is 0 Å². The minimum Gasteiger partial charge on any atom is -0.404 e. The summed E-state index contributed by atoms with van der Waals surface area (Å²) in [5.41, 5.74) is -0.760. The summed E-state index contributed by atoms with van der Waals surface area (Å²) in [6, 6.07) is 2.49. The first kappa shape index (κ1) is 16.0. The highest BCUT2D eigenvalue weighted by atomic mass is 19.4. The summed E-state index contributed by atoms with van der Waals surface area (Å²) >= 11 is 0. The number of hydrogen-bond donors (Lipinski definition) is 3. The van der Waals surface area contributed by atoms with Crippen LogP contribution in [0.25, 0.3) is 0 Å². The number of nitro groups is 1. The number of aliphatic hydroxyl groups is 2. The second-order valence-corrected chi connectivity index (χ2v) is 3.70. The molecule has 0 spiro atoms. The average molecular weight is 296 g/mol. The predicted octanol–water partition coefficient (Wildman–Crippen LogP) is 1.26. The topological polar surface area (TPSA) is 105 Å². The van der Waals surface area contributed by atoms with E-state index in [-0.39, 0.29) is 12.2 Å². The monoisotopic (exact) mass is 296 g/mol. The van der Waals surface area contributed by atoms with Gasteiger partial charge in [-0.3, -0.25) is 10.1 Å². The smallest absolute Gasteiger partial charge is 0.404 e. The first-order valence-electron chi connectivity index (χ1n) is 5.30. The largest absolute Gasteiger partial charge is 0.573 e. The normalized spacial score (nSPS) is 12.8. The van der Waals surface area contributed by atoms with Crippen molar-refractivity contribution in [3.05, 3.63) is 28.3 Å². The molecule has 1 aromatic carbocycles. The maximum Gasteiger partial charge on any atom is 0.573 e. The fourth-order valence-corrected chi connectivity index (χ4v) is 1.28. The van der Waals surface area contributed by atoms with Gasteiger partial charge in [-0.25, -0.2) is 0 Å². The maximum absolute atomic E-state index is 12.2. The molecule has 7 nitrogen and oxygen atoms in total. The highest BCUT2D eigenvalue weighted by Crippen LogP contribution is 2.33.